The van der Waals surface area contributed by atoms with Crippen molar-refractivity contribution in [2.45, 2.75) is 80.5 Å². The summed E-state index contributed by atoms with van der Waals surface area (Å²) in [6.45, 7) is 11.3. The van der Waals surface area contributed by atoms with Gasteiger partial charge in [0.1, 0.15) is 43.1 Å². The number of epoxide rings is 1. The summed E-state index contributed by atoms with van der Waals surface area (Å²) < 4.78 is 50.9. The zero-order valence-electron chi connectivity index (χ0n) is 24.6. The topological polar surface area (TPSA) is 77.1 Å². The van der Waals surface area contributed by atoms with E-state index in [4.69, 9.17) is 49.2 Å². The van der Waals surface area contributed by atoms with Gasteiger partial charge < -0.3 is 37.6 Å². The van der Waals surface area contributed by atoms with E-state index in [-0.39, 0.29) is 31.1 Å². The molecule has 224 valence electrons. The van der Waals surface area contributed by atoms with Crippen molar-refractivity contribution < 1.29 is 37.6 Å². The molecule has 41 heavy (non-hydrogen) atoms. The number of alkyl halides is 1. The Hall–Kier alpha value is -1.37. The van der Waals surface area contributed by atoms with Crippen LogP contribution < -0.4 is 10.4 Å². The summed E-state index contributed by atoms with van der Waals surface area (Å²) in [6.07, 6.45) is -1.59. The Morgan fingerprint density at radius 3 is 2.00 bits per heavy atom. The molecule has 10 heteroatoms. The molecule has 0 aromatic heterocycles. The average Bonchev–Trinajstić information content (AvgIpc) is 3.24. The summed E-state index contributed by atoms with van der Waals surface area (Å²) in [5.74, 6) is -1.24. The van der Waals surface area contributed by atoms with Gasteiger partial charge in [-0.25, -0.2) is 0 Å². The lowest BCUT2D eigenvalue weighted by Crippen LogP contribution is -2.73. The van der Waals surface area contributed by atoms with Crippen LogP contribution in [0, 0.1) is 5.92 Å². The van der Waals surface area contributed by atoms with Crippen molar-refractivity contribution in [1.29, 1.82) is 0 Å². The summed E-state index contributed by atoms with van der Waals surface area (Å²) in [5.41, 5.74) is -2.46. The van der Waals surface area contributed by atoms with Gasteiger partial charge in [0, 0.05) is 19.6 Å². The molecule has 1 unspecified atom stereocenters. The minimum Gasteiger partial charge on any atom is -0.407 e. The maximum absolute atomic E-state index is 7.43. The van der Waals surface area contributed by atoms with Gasteiger partial charge >= 0.3 is 0 Å². The highest BCUT2D eigenvalue weighted by Crippen LogP contribution is 2.62. The van der Waals surface area contributed by atoms with Crippen molar-refractivity contribution in [2.75, 3.05) is 33.9 Å². The summed E-state index contributed by atoms with van der Waals surface area (Å²) in [4.78, 5) is 0. The minimum atomic E-state index is -2.89. The zero-order valence-corrected chi connectivity index (χ0v) is 26.4. The van der Waals surface area contributed by atoms with Crippen molar-refractivity contribution >= 4 is 30.3 Å². The van der Waals surface area contributed by atoms with Crippen LogP contribution in [-0.4, -0.2) is 83.1 Å². The lowest BCUT2D eigenvalue weighted by molar-refractivity contribution is -0.252. The average molecular weight is 605 g/mol. The van der Waals surface area contributed by atoms with Crippen LogP contribution in [0.15, 0.2) is 60.7 Å². The van der Waals surface area contributed by atoms with E-state index in [0.29, 0.717) is 6.61 Å². The second-order valence-corrected chi connectivity index (χ2v) is 17.6. The molecule has 3 heterocycles. The molecule has 2 spiro atoms. The van der Waals surface area contributed by atoms with Crippen molar-refractivity contribution in [3.8, 4) is 0 Å². The molecule has 0 bridgehead atoms. The van der Waals surface area contributed by atoms with Crippen LogP contribution in [0.3, 0.4) is 0 Å². The van der Waals surface area contributed by atoms with E-state index in [1.807, 2.05) is 26.0 Å². The van der Waals surface area contributed by atoms with Crippen LogP contribution in [0.4, 0.5) is 0 Å². The summed E-state index contributed by atoms with van der Waals surface area (Å²) in [6, 6.07) is 21.1. The highest BCUT2D eigenvalue weighted by atomic mass is 35.5. The van der Waals surface area contributed by atoms with E-state index in [1.165, 1.54) is 10.4 Å². The van der Waals surface area contributed by atoms with Crippen LogP contribution in [0.2, 0.25) is 5.04 Å². The van der Waals surface area contributed by atoms with Crippen LogP contribution in [0.5, 0.6) is 0 Å². The third-order valence-electron chi connectivity index (χ3n) is 9.05. The normalized spacial score (nSPS) is 36.1. The monoisotopic (exact) mass is 604 g/mol. The summed E-state index contributed by atoms with van der Waals surface area (Å²) >= 11 is 6.88. The van der Waals surface area contributed by atoms with Crippen LogP contribution >= 0.6 is 11.6 Å². The second kappa shape index (κ2) is 10.7. The van der Waals surface area contributed by atoms with E-state index >= 15 is 0 Å². The first-order valence-electron chi connectivity index (χ1n) is 14.3. The molecule has 7 atom stereocenters. The van der Waals surface area contributed by atoms with Crippen molar-refractivity contribution in [3.05, 3.63) is 60.7 Å². The number of halogens is 1. The SMILES string of the molecule is COCO[C@@H]1[C@H](CO[Si](c2ccccc2)(c2ccccc2)C(C)(C)C)[C@]2(OC2Cl)[C@@H]2OC(C)(C)O[C@@H]2[C@]12COCO2. The van der Waals surface area contributed by atoms with Gasteiger partial charge in [0.2, 0.25) is 0 Å². The molecular weight excluding hydrogens is 564 g/mol. The molecule has 4 aliphatic rings. The molecule has 4 fully saturated rings. The van der Waals surface area contributed by atoms with E-state index < -0.39 is 49.2 Å². The molecule has 0 amide bonds. The fraction of sp³-hybridized carbons (Fsp3) is 0.613. The number of hydrogen-bond acceptors (Lipinski definition) is 8. The number of fused-ring (bicyclic) bond motifs is 3. The summed E-state index contributed by atoms with van der Waals surface area (Å²) in [7, 11) is -1.29. The molecule has 3 aliphatic heterocycles. The Labute approximate surface area is 248 Å². The van der Waals surface area contributed by atoms with Gasteiger partial charge in [0.25, 0.3) is 8.32 Å². The maximum atomic E-state index is 7.43. The van der Waals surface area contributed by atoms with Crippen LogP contribution in [0.1, 0.15) is 34.6 Å². The predicted octanol–water partition coefficient (Wildman–Crippen LogP) is 3.78. The number of ether oxygens (including phenoxy) is 7. The quantitative estimate of drug-likeness (QED) is 0.195. The molecule has 0 N–H and O–H groups in total. The second-order valence-electron chi connectivity index (χ2n) is 12.9. The van der Waals surface area contributed by atoms with Gasteiger partial charge in [-0.3, -0.25) is 0 Å². The first-order chi connectivity index (χ1) is 19.5. The van der Waals surface area contributed by atoms with Crippen LogP contribution in [0.25, 0.3) is 0 Å². The van der Waals surface area contributed by atoms with Gasteiger partial charge in [0.15, 0.2) is 11.4 Å². The Morgan fingerprint density at radius 2 is 1.51 bits per heavy atom. The molecule has 2 aromatic carbocycles. The Kier molecular flexibility index (Phi) is 7.72. The molecule has 2 aromatic rings. The Bertz CT molecular complexity index is 1160. The van der Waals surface area contributed by atoms with Crippen LogP contribution in [-0.2, 0) is 37.6 Å². The van der Waals surface area contributed by atoms with Gasteiger partial charge in [0.05, 0.1) is 6.61 Å². The highest BCUT2D eigenvalue weighted by molar-refractivity contribution is 6.99. The van der Waals surface area contributed by atoms with Gasteiger partial charge in [-0.05, 0) is 29.3 Å². The standard InChI is InChI=1S/C31H41ClO8Si/c1-28(2,3)41(21-13-9-7-10-14-21,22-15-11-8-12-16-22)37-17-23-24(35-19-33-6)30(18-34-20-36-30)25-26(31(23)27(32)40-31)39-29(4,5)38-25/h7-16,23-27H,17-20H2,1-6H3/t23-,24+,25-,26+,27?,30-,31-/m0/s1. The summed E-state index contributed by atoms with van der Waals surface area (Å²) in [5, 5.41) is 2.16. The first kappa shape index (κ1) is 29.7. The molecular formula is C31H41ClO8Si. The molecule has 3 saturated heterocycles. The molecule has 1 aliphatic carbocycles. The molecule has 0 radical (unpaired) electrons. The smallest absolute Gasteiger partial charge is 0.261 e. The Balaban J connectivity index is 1.47. The fourth-order valence-electron chi connectivity index (χ4n) is 7.31. The maximum Gasteiger partial charge on any atom is 0.261 e. The van der Waals surface area contributed by atoms with Gasteiger partial charge in [-0.2, -0.15) is 0 Å². The largest absolute Gasteiger partial charge is 0.407 e. The number of rotatable bonds is 8. The van der Waals surface area contributed by atoms with E-state index in [9.17, 15) is 0 Å². The fourth-order valence-corrected chi connectivity index (χ4v) is 12.3. The third-order valence-corrected chi connectivity index (χ3v) is 14.5. The number of hydrogen-bond donors (Lipinski definition) is 0. The van der Waals surface area contributed by atoms with Crippen molar-refractivity contribution in [1.82, 2.24) is 0 Å². The molecule has 8 nitrogen and oxygen atoms in total. The van der Waals surface area contributed by atoms with E-state index in [2.05, 4.69) is 69.3 Å². The zero-order chi connectivity index (χ0) is 29.1. The Morgan fingerprint density at radius 1 is 0.927 bits per heavy atom. The van der Waals surface area contributed by atoms with Crippen molar-refractivity contribution in [3.63, 3.8) is 0 Å². The van der Waals surface area contributed by atoms with E-state index in [1.54, 1.807) is 7.11 Å². The van der Waals surface area contributed by atoms with Crippen molar-refractivity contribution in [2.24, 2.45) is 5.92 Å². The molecule has 1 saturated carbocycles. The first-order valence-corrected chi connectivity index (χ1v) is 16.6. The molecule has 6 rings (SSSR count). The lowest BCUT2D eigenvalue weighted by atomic mass is 9.66. The van der Waals surface area contributed by atoms with E-state index in [0.717, 1.165) is 0 Å². The predicted molar refractivity (Wildman–Crippen MR) is 156 cm³/mol. The minimum absolute atomic E-state index is 0.0517. The third kappa shape index (κ3) is 4.64. The lowest BCUT2D eigenvalue weighted by Gasteiger charge is -2.52. The van der Waals surface area contributed by atoms with Gasteiger partial charge in [-0.15, -0.1) is 0 Å². The number of methoxy groups -OCH3 is 1. The van der Waals surface area contributed by atoms with Gasteiger partial charge in [-0.1, -0.05) is 93.0 Å². The highest BCUT2D eigenvalue weighted by Gasteiger charge is 2.81. The number of benzene rings is 2.